The quantitative estimate of drug-likeness (QED) is 0.683. The number of nitrogens with one attached hydrogen (secondary N) is 2. The van der Waals surface area contributed by atoms with Gasteiger partial charge in [-0.1, -0.05) is 26.0 Å². The summed E-state index contributed by atoms with van der Waals surface area (Å²) >= 11 is 0. The fraction of sp³-hybridized carbons (Fsp3) is 0.286. The largest absolute Gasteiger partial charge is 0.497 e. The highest BCUT2D eigenvalue weighted by molar-refractivity contribution is 6.04. The van der Waals surface area contributed by atoms with Crippen LogP contribution in [-0.2, 0) is 9.53 Å². The summed E-state index contributed by atoms with van der Waals surface area (Å²) in [6, 6.07) is 13.0. The maximum Gasteiger partial charge on any atom is 0.338 e. The third kappa shape index (κ3) is 6.12. The highest BCUT2D eigenvalue weighted by atomic mass is 16.5. The Kier molecular flexibility index (Phi) is 7.56. The van der Waals surface area contributed by atoms with Gasteiger partial charge < -0.3 is 20.1 Å². The monoisotopic (exact) mass is 384 g/mol. The Morgan fingerprint density at radius 2 is 1.68 bits per heavy atom. The van der Waals surface area contributed by atoms with Crippen molar-refractivity contribution in [1.82, 2.24) is 5.32 Å². The van der Waals surface area contributed by atoms with Gasteiger partial charge in [0.1, 0.15) is 5.75 Å². The number of ether oxygens (including phenoxy) is 2. The van der Waals surface area contributed by atoms with E-state index in [0.29, 0.717) is 35.0 Å². The number of methoxy groups -OCH3 is 1. The van der Waals surface area contributed by atoms with Gasteiger partial charge in [-0.25, -0.2) is 4.79 Å². The first kappa shape index (κ1) is 21.0. The lowest BCUT2D eigenvalue weighted by Crippen LogP contribution is -2.29. The Hall–Kier alpha value is -3.35. The molecule has 28 heavy (non-hydrogen) atoms. The van der Waals surface area contributed by atoms with Crippen LogP contribution in [0.15, 0.2) is 48.5 Å². The highest BCUT2D eigenvalue weighted by Gasteiger charge is 2.15. The molecule has 7 nitrogen and oxygen atoms in total. The summed E-state index contributed by atoms with van der Waals surface area (Å²) in [5, 5.41) is 5.41. The van der Waals surface area contributed by atoms with Crippen molar-refractivity contribution in [2.45, 2.75) is 13.8 Å². The Morgan fingerprint density at radius 3 is 2.32 bits per heavy atom. The van der Waals surface area contributed by atoms with Crippen molar-refractivity contribution in [3.05, 3.63) is 59.7 Å². The predicted molar refractivity (Wildman–Crippen MR) is 106 cm³/mol. The zero-order chi connectivity index (χ0) is 20.5. The minimum atomic E-state index is -0.624. The fourth-order valence-electron chi connectivity index (χ4n) is 2.31. The number of carbonyl (C=O) groups is 3. The molecule has 2 rings (SSSR count). The molecule has 2 amide bonds. The van der Waals surface area contributed by atoms with Crippen LogP contribution in [0.4, 0.5) is 5.69 Å². The summed E-state index contributed by atoms with van der Waals surface area (Å²) in [7, 11) is 1.53. The van der Waals surface area contributed by atoms with Gasteiger partial charge in [0.2, 0.25) is 0 Å². The first-order valence-corrected chi connectivity index (χ1v) is 8.89. The molecule has 0 saturated heterocycles. The maximum absolute atomic E-state index is 12.3. The van der Waals surface area contributed by atoms with Gasteiger partial charge >= 0.3 is 5.97 Å². The van der Waals surface area contributed by atoms with Crippen molar-refractivity contribution in [2.24, 2.45) is 5.92 Å². The van der Waals surface area contributed by atoms with Gasteiger partial charge in [-0.3, -0.25) is 9.59 Å². The van der Waals surface area contributed by atoms with E-state index in [9.17, 15) is 14.4 Å². The molecule has 0 radical (unpaired) electrons. The SMILES string of the molecule is COc1ccc(C(=O)OCC(=O)Nc2ccccc2C(=O)NCC(C)C)cc1. The number of hydrogen-bond acceptors (Lipinski definition) is 5. The normalized spacial score (nSPS) is 10.3. The topological polar surface area (TPSA) is 93.7 Å². The third-order valence-electron chi connectivity index (χ3n) is 3.78. The van der Waals surface area contributed by atoms with Crippen LogP contribution in [0, 0.1) is 5.92 Å². The van der Waals surface area contributed by atoms with E-state index in [2.05, 4.69) is 10.6 Å². The Bertz CT molecular complexity index is 831. The summed E-state index contributed by atoms with van der Waals surface area (Å²) in [6.45, 7) is 4.05. The van der Waals surface area contributed by atoms with E-state index in [1.165, 1.54) is 7.11 Å². The number of rotatable bonds is 8. The van der Waals surface area contributed by atoms with Crippen LogP contribution in [0.1, 0.15) is 34.6 Å². The molecule has 0 bridgehead atoms. The van der Waals surface area contributed by atoms with Gasteiger partial charge in [0.15, 0.2) is 6.61 Å². The molecule has 0 heterocycles. The molecule has 148 valence electrons. The summed E-state index contributed by atoms with van der Waals surface area (Å²) in [5.41, 5.74) is 1.01. The van der Waals surface area contributed by atoms with Gasteiger partial charge in [0.05, 0.1) is 23.9 Å². The first-order valence-electron chi connectivity index (χ1n) is 8.89. The standard InChI is InChI=1S/C21H24N2O5/c1-14(2)12-22-20(25)17-6-4-5-7-18(17)23-19(24)13-28-21(26)15-8-10-16(27-3)11-9-15/h4-11,14H,12-13H2,1-3H3,(H,22,25)(H,23,24). The summed E-state index contributed by atoms with van der Waals surface area (Å²) < 4.78 is 10.0. The zero-order valence-electron chi connectivity index (χ0n) is 16.2. The molecule has 0 spiro atoms. The minimum Gasteiger partial charge on any atom is -0.497 e. The zero-order valence-corrected chi connectivity index (χ0v) is 16.2. The summed E-state index contributed by atoms with van der Waals surface area (Å²) in [6.07, 6.45) is 0. The van der Waals surface area contributed by atoms with E-state index in [1.54, 1.807) is 48.5 Å². The minimum absolute atomic E-state index is 0.278. The van der Waals surface area contributed by atoms with Crippen LogP contribution in [0.2, 0.25) is 0 Å². The second-order valence-electron chi connectivity index (χ2n) is 6.50. The number of esters is 1. The van der Waals surface area contributed by atoms with E-state index in [0.717, 1.165) is 0 Å². The lowest BCUT2D eigenvalue weighted by atomic mass is 10.1. The molecule has 0 atom stereocenters. The molecule has 2 N–H and O–H groups in total. The maximum atomic E-state index is 12.3. The van der Waals surface area contributed by atoms with Gasteiger partial charge in [-0.2, -0.15) is 0 Å². The predicted octanol–water partition coefficient (Wildman–Crippen LogP) is 2.88. The van der Waals surface area contributed by atoms with E-state index in [4.69, 9.17) is 9.47 Å². The number of hydrogen-bond donors (Lipinski definition) is 2. The molecular formula is C21H24N2O5. The summed E-state index contributed by atoms with van der Waals surface area (Å²) in [4.78, 5) is 36.5. The lowest BCUT2D eigenvalue weighted by molar-refractivity contribution is -0.119. The van der Waals surface area contributed by atoms with Gasteiger partial charge in [-0.15, -0.1) is 0 Å². The third-order valence-corrected chi connectivity index (χ3v) is 3.78. The van der Waals surface area contributed by atoms with Gasteiger partial charge in [0, 0.05) is 6.54 Å². The molecule has 0 aliphatic heterocycles. The Balaban J connectivity index is 1.93. The van der Waals surface area contributed by atoms with Crippen LogP contribution < -0.4 is 15.4 Å². The Morgan fingerprint density at radius 1 is 1.00 bits per heavy atom. The van der Waals surface area contributed by atoms with Crippen LogP contribution >= 0.6 is 0 Å². The molecule has 2 aromatic rings. The molecule has 0 saturated carbocycles. The van der Waals surface area contributed by atoms with E-state index in [1.807, 2.05) is 13.8 Å². The lowest BCUT2D eigenvalue weighted by Gasteiger charge is -2.12. The van der Waals surface area contributed by atoms with E-state index < -0.39 is 18.5 Å². The molecule has 0 aliphatic carbocycles. The molecule has 0 aromatic heterocycles. The van der Waals surface area contributed by atoms with Crippen LogP contribution in [0.25, 0.3) is 0 Å². The average Bonchev–Trinajstić information content (AvgIpc) is 2.70. The van der Waals surface area contributed by atoms with Gasteiger partial charge in [-0.05, 0) is 42.3 Å². The number of amides is 2. The van der Waals surface area contributed by atoms with Crippen molar-refractivity contribution in [3.8, 4) is 5.75 Å². The molecule has 7 heteroatoms. The number of para-hydroxylation sites is 1. The molecule has 0 fully saturated rings. The molecular weight excluding hydrogens is 360 g/mol. The van der Waals surface area contributed by atoms with Crippen molar-refractivity contribution in [3.63, 3.8) is 0 Å². The second kappa shape index (κ2) is 10.1. The van der Waals surface area contributed by atoms with Crippen molar-refractivity contribution >= 4 is 23.5 Å². The van der Waals surface area contributed by atoms with E-state index in [-0.39, 0.29) is 5.91 Å². The van der Waals surface area contributed by atoms with E-state index >= 15 is 0 Å². The second-order valence-corrected chi connectivity index (χ2v) is 6.50. The fourth-order valence-corrected chi connectivity index (χ4v) is 2.31. The Labute approximate surface area is 164 Å². The van der Waals surface area contributed by atoms with Crippen molar-refractivity contribution < 1.29 is 23.9 Å². The van der Waals surface area contributed by atoms with Crippen LogP contribution in [-0.4, -0.2) is 38.0 Å². The van der Waals surface area contributed by atoms with Crippen molar-refractivity contribution in [1.29, 1.82) is 0 Å². The van der Waals surface area contributed by atoms with Crippen LogP contribution in [0.5, 0.6) is 5.75 Å². The smallest absolute Gasteiger partial charge is 0.338 e. The molecule has 2 aromatic carbocycles. The number of benzene rings is 2. The summed E-state index contributed by atoms with van der Waals surface area (Å²) in [5.74, 6) is -0.517. The first-order chi connectivity index (χ1) is 13.4. The van der Waals surface area contributed by atoms with Gasteiger partial charge in [0.25, 0.3) is 11.8 Å². The molecule has 0 aliphatic rings. The molecule has 0 unspecified atom stereocenters. The van der Waals surface area contributed by atoms with Crippen molar-refractivity contribution in [2.75, 3.05) is 25.6 Å². The number of anilines is 1. The van der Waals surface area contributed by atoms with Crippen LogP contribution in [0.3, 0.4) is 0 Å². The highest BCUT2D eigenvalue weighted by Crippen LogP contribution is 2.15. The number of carbonyl (C=O) groups excluding carboxylic acids is 3. The average molecular weight is 384 g/mol.